The highest BCUT2D eigenvalue weighted by Gasteiger charge is 2.28. The van der Waals surface area contributed by atoms with E-state index in [2.05, 4.69) is 20.0 Å². The molecule has 2 aromatic rings. The van der Waals surface area contributed by atoms with Crippen molar-refractivity contribution in [2.75, 3.05) is 6.61 Å². The number of nitrogens with two attached hydrogens (primary N) is 1. The lowest BCUT2D eigenvalue weighted by atomic mass is 10.1. The number of carbonyl (C=O) groups is 1. The third kappa shape index (κ3) is 11.0. The van der Waals surface area contributed by atoms with Crippen molar-refractivity contribution < 1.29 is 22.7 Å². The monoisotopic (exact) mass is 412 g/mol. The Morgan fingerprint density at radius 3 is 2.31 bits per heavy atom. The number of alkyl halides is 3. The molecule has 0 aliphatic rings. The van der Waals surface area contributed by atoms with Crippen molar-refractivity contribution in [1.29, 1.82) is 0 Å². The van der Waals surface area contributed by atoms with Gasteiger partial charge in [-0.05, 0) is 52.3 Å². The van der Waals surface area contributed by atoms with Crippen LogP contribution in [0.15, 0.2) is 30.5 Å². The highest BCUT2D eigenvalue weighted by molar-refractivity contribution is 5.94. The largest absolute Gasteiger partial charge is 0.468 e. The van der Waals surface area contributed by atoms with E-state index < -0.39 is 12.8 Å². The molecular weight excluding hydrogens is 385 g/mol. The summed E-state index contributed by atoms with van der Waals surface area (Å²) in [5.41, 5.74) is 7.74. The first-order valence-electron chi connectivity index (χ1n) is 8.90. The number of amides is 1. The SMILES string of the molecule is CC(C)(C)N.Cc1cc(C(=O)NCc2ccc(OCC(F)(F)F)nc2C)ccn1. The molecular formula is C20H27F3N4O2. The van der Waals surface area contributed by atoms with Crippen LogP contribution in [0.3, 0.4) is 0 Å². The third-order valence-corrected chi connectivity index (χ3v) is 3.15. The minimum atomic E-state index is -4.41. The molecule has 9 heteroatoms. The molecule has 0 aliphatic heterocycles. The van der Waals surface area contributed by atoms with E-state index in [0.717, 1.165) is 5.69 Å². The van der Waals surface area contributed by atoms with Gasteiger partial charge in [-0.25, -0.2) is 4.98 Å². The number of hydrogen-bond acceptors (Lipinski definition) is 5. The van der Waals surface area contributed by atoms with Gasteiger partial charge in [0.15, 0.2) is 6.61 Å². The van der Waals surface area contributed by atoms with Gasteiger partial charge in [-0.15, -0.1) is 0 Å². The third-order valence-electron chi connectivity index (χ3n) is 3.15. The van der Waals surface area contributed by atoms with E-state index in [1.54, 1.807) is 38.2 Å². The van der Waals surface area contributed by atoms with Crippen molar-refractivity contribution >= 4 is 5.91 Å². The number of pyridine rings is 2. The molecule has 3 N–H and O–H groups in total. The molecule has 0 bridgehead atoms. The summed E-state index contributed by atoms with van der Waals surface area (Å²) in [5.74, 6) is -0.373. The fourth-order valence-corrected chi connectivity index (χ4v) is 1.95. The maximum absolute atomic E-state index is 12.1. The van der Waals surface area contributed by atoms with Crippen LogP contribution in [-0.2, 0) is 6.54 Å². The molecule has 1 amide bonds. The second-order valence-electron chi connectivity index (χ2n) is 7.53. The zero-order chi connectivity index (χ0) is 22.2. The number of rotatable bonds is 5. The van der Waals surface area contributed by atoms with E-state index in [0.29, 0.717) is 16.8 Å². The van der Waals surface area contributed by atoms with Crippen LogP contribution >= 0.6 is 0 Å². The Labute approximate surface area is 168 Å². The van der Waals surface area contributed by atoms with Crippen LogP contribution in [0.5, 0.6) is 5.88 Å². The van der Waals surface area contributed by atoms with Gasteiger partial charge in [0.1, 0.15) is 0 Å². The Kier molecular flexibility index (Phi) is 8.57. The van der Waals surface area contributed by atoms with Crippen molar-refractivity contribution in [3.05, 3.63) is 53.0 Å². The topological polar surface area (TPSA) is 90.1 Å². The number of aryl methyl sites for hydroxylation is 2. The summed E-state index contributed by atoms with van der Waals surface area (Å²) in [5, 5.41) is 2.73. The van der Waals surface area contributed by atoms with Gasteiger partial charge in [0.05, 0.1) is 0 Å². The van der Waals surface area contributed by atoms with Crippen LogP contribution in [0.4, 0.5) is 13.2 Å². The number of nitrogens with zero attached hydrogens (tertiary/aromatic N) is 2. The van der Waals surface area contributed by atoms with E-state index in [1.807, 2.05) is 20.8 Å². The van der Waals surface area contributed by atoms with Crippen molar-refractivity contribution in [2.45, 2.75) is 52.9 Å². The van der Waals surface area contributed by atoms with Gasteiger partial charge in [-0.3, -0.25) is 9.78 Å². The number of carbonyl (C=O) groups excluding carboxylic acids is 1. The van der Waals surface area contributed by atoms with Crippen molar-refractivity contribution in [3.8, 4) is 5.88 Å². The normalized spacial score (nSPS) is 11.3. The number of ether oxygens (including phenoxy) is 1. The summed E-state index contributed by atoms with van der Waals surface area (Å²) in [6, 6.07) is 6.18. The lowest BCUT2D eigenvalue weighted by molar-refractivity contribution is -0.154. The maximum atomic E-state index is 12.1. The van der Waals surface area contributed by atoms with E-state index in [-0.39, 0.29) is 23.9 Å². The van der Waals surface area contributed by atoms with Crippen LogP contribution in [0.2, 0.25) is 0 Å². The van der Waals surface area contributed by atoms with E-state index >= 15 is 0 Å². The first-order valence-corrected chi connectivity index (χ1v) is 8.90. The molecule has 2 aromatic heterocycles. The summed E-state index contributed by atoms with van der Waals surface area (Å²) in [6.07, 6.45) is -2.87. The quantitative estimate of drug-likeness (QED) is 0.781. The Balaban J connectivity index is 0.000000749. The molecule has 0 radical (unpaired) electrons. The molecule has 0 unspecified atom stereocenters. The summed E-state index contributed by atoms with van der Waals surface area (Å²) in [7, 11) is 0. The van der Waals surface area contributed by atoms with Gasteiger partial charge < -0.3 is 15.8 Å². The Hall–Kier alpha value is -2.68. The second kappa shape index (κ2) is 10.2. The van der Waals surface area contributed by atoms with Gasteiger partial charge in [-0.2, -0.15) is 13.2 Å². The van der Waals surface area contributed by atoms with Crippen LogP contribution in [0.25, 0.3) is 0 Å². The van der Waals surface area contributed by atoms with Crippen molar-refractivity contribution in [2.24, 2.45) is 5.73 Å². The summed E-state index contributed by atoms with van der Waals surface area (Å²) < 4.78 is 40.9. The molecule has 2 rings (SSSR count). The average molecular weight is 412 g/mol. The minimum absolute atomic E-state index is 0. The molecule has 29 heavy (non-hydrogen) atoms. The van der Waals surface area contributed by atoms with E-state index in [1.165, 1.54) is 6.07 Å². The molecule has 0 aliphatic carbocycles. The minimum Gasteiger partial charge on any atom is -0.468 e. The van der Waals surface area contributed by atoms with Crippen LogP contribution < -0.4 is 15.8 Å². The van der Waals surface area contributed by atoms with E-state index in [4.69, 9.17) is 5.73 Å². The Morgan fingerprint density at radius 1 is 1.17 bits per heavy atom. The van der Waals surface area contributed by atoms with Crippen molar-refractivity contribution in [1.82, 2.24) is 15.3 Å². The summed E-state index contributed by atoms with van der Waals surface area (Å²) in [4.78, 5) is 20.0. The maximum Gasteiger partial charge on any atom is 0.422 e. The summed E-state index contributed by atoms with van der Waals surface area (Å²) >= 11 is 0. The van der Waals surface area contributed by atoms with Crippen molar-refractivity contribution in [3.63, 3.8) is 0 Å². The van der Waals surface area contributed by atoms with Crippen LogP contribution in [0.1, 0.15) is 48.1 Å². The number of nitrogens with one attached hydrogen (secondary N) is 1. The fraction of sp³-hybridized carbons (Fsp3) is 0.450. The van der Waals surface area contributed by atoms with Gasteiger partial charge in [0.25, 0.3) is 5.91 Å². The number of halogens is 3. The van der Waals surface area contributed by atoms with Crippen LogP contribution in [0, 0.1) is 13.8 Å². The second-order valence-corrected chi connectivity index (χ2v) is 7.53. The highest BCUT2D eigenvalue weighted by Crippen LogP contribution is 2.18. The molecule has 160 valence electrons. The average Bonchev–Trinajstić information content (AvgIpc) is 2.57. The number of aromatic nitrogens is 2. The lowest BCUT2D eigenvalue weighted by Crippen LogP contribution is -2.26. The molecule has 0 atom stereocenters. The fourth-order valence-electron chi connectivity index (χ4n) is 1.95. The van der Waals surface area contributed by atoms with Gasteiger partial charge in [0.2, 0.25) is 5.88 Å². The molecule has 0 saturated carbocycles. The molecule has 6 nitrogen and oxygen atoms in total. The standard InChI is InChI=1S/C16H16F3N3O2.C4H11N/c1-10-7-12(5-6-20-10)15(23)21-8-13-3-4-14(22-11(13)2)24-9-16(17,18)19;1-4(2,3)5/h3-7H,8-9H2,1-2H3,(H,21,23);5H2,1-3H3. The Bertz CT molecular complexity index is 812. The van der Waals surface area contributed by atoms with Gasteiger partial charge >= 0.3 is 6.18 Å². The first-order chi connectivity index (χ1) is 13.2. The Morgan fingerprint density at radius 2 is 1.79 bits per heavy atom. The first kappa shape index (κ1) is 24.4. The zero-order valence-electron chi connectivity index (χ0n) is 17.2. The molecule has 0 aromatic carbocycles. The lowest BCUT2D eigenvalue weighted by Gasteiger charge is -2.11. The zero-order valence-corrected chi connectivity index (χ0v) is 17.2. The number of hydrogen-bond donors (Lipinski definition) is 2. The van der Waals surface area contributed by atoms with Gasteiger partial charge in [-0.1, -0.05) is 6.07 Å². The highest BCUT2D eigenvalue weighted by atomic mass is 19.4. The molecule has 0 saturated heterocycles. The van der Waals surface area contributed by atoms with Crippen LogP contribution in [-0.4, -0.2) is 34.2 Å². The predicted octanol–water partition coefficient (Wildman–Crippen LogP) is 3.71. The molecule has 2 heterocycles. The van der Waals surface area contributed by atoms with E-state index in [9.17, 15) is 18.0 Å². The smallest absolute Gasteiger partial charge is 0.422 e. The van der Waals surface area contributed by atoms with Gasteiger partial charge in [0, 0.05) is 41.3 Å². The molecule has 0 fully saturated rings. The molecule has 0 spiro atoms. The predicted molar refractivity (Wildman–Crippen MR) is 105 cm³/mol. The summed E-state index contributed by atoms with van der Waals surface area (Å²) in [6.45, 7) is 8.13.